The minimum Gasteiger partial charge on any atom is -0.463 e. The molecule has 0 bridgehead atoms. The van der Waals surface area contributed by atoms with Gasteiger partial charge in [0.15, 0.2) is 6.29 Å². The van der Waals surface area contributed by atoms with Gasteiger partial charge in [0.1, 0.15) is 19.3 Å². The van der Waals surface area contributed by atoms with Crippen LogP contribution in [0.5, 0.6) is 0 Å². The summed E-state index contributed by atoms with van der Waals surface area (Å²) in [6, 6.07) is 0. The van der Waals surface area contributed by atoms with Crippen LogP contribution in [-0.2, 0) is 23.8 Å². The van der Waals surface area contributed by atoms with Crippen molar-refractivity contribution in [3.8, 4) is 0 Å². The van der Waals surface area contributed by atoms with Gasteiger partial charge in [0.2, 0.25) is 0 Å². The molecule has 57 heavy (non-hydrogen) atoms. The minimum absolute atomic E-state index is 0.137. The first kappa shape index (κ1) is 53.2. The van der Waals surface area contributed by atoms with Gasteiger partial charge in [-0.3, -0.25) is 9.59 Å². The van der Waals surface area contributed by atoms with E-state index in [0.29, 0.717) is 32.1 Å². The fraction of sp³-hybridized carbons (Fsp3) is 0.875. The fourth-order valence-corrected chi connectivity index (χ4v) is 7.46. The van der Waals surface area contributed by atoms with Crippen LogP contribution < -0.4 is 0 Å². The second-order valence-corrected chi connectivity index (χ2v) is 17.0. The Morgan fingerprint density at radius 2 is 1.16 bits per heavy atom. The van der Waals surface area contributed by atoms with Crippen molar-refractivity contribution in [1.82, 2.24) is 0 Å². The number of hydrogen-bond acceptors (Lipinski definition) is 9. The van der Waals surface area contributed by atoms with E-state index in [1.807, 2.05) is 12.2 Å². The molecule has 1 saturated heterocycles. The molecule has 1 fully saturated rings. The normalized spacial score (nSPS) is 20.3. The summed E-state index contributed by atoms with van der Waals surface area (Å²) in [7, 11) is 0. The van der Waals surface area contributed by atoms with Crippen LogP contribution in [0.2, 0.25) is 0 Å². The number of aliphatic hydroxyl groups excluding tert-OH is 4. The summed E-state index contributed by atoms with van der Waals surface area (Å²) in [4.78, 5) is 24.2. The molecule has 9 nitrogen and oxygen atoms in total. The van der Waals surface area contributed by atoms with E-state index in [2.05, 4.69) is 20.8 Å². The highest BCUT2D eigenvalue weighted by Crippen LogP contribution is 2.29. The molecule has 0 aromatic heterocycles. The van der Waals surface area contributed by atoms with Gasteiger partial charge in [0, 0.05) is 25.2 Å². The standard InChI is InChI=1S/C48H88O9/c1-4-6-25-31-41(49)35-36-45-43(44(51)37-48(54)57-45)32-27-23-24-29-34-47(53)56-39-42(50)38-55-46(52)33-28-22-20-18-16-14-12-10-8-7-9-11-13-15-17-19-21-26-30-40(3)5-2/h23,27,35-36,40-45,48-51,54H,4-22,24-26,28-34,37-39H2,1-3H3/b27-23-,36-35+/t40?,41-,42-,43-,44-,45+,48?/m0/s1. The van der Waals surface area contributed by atoms with Crippen LogP contribution in [-0.4, -0.2) is 76.3 Å². The number of allylic oxidation sites excluding steroid dienone is 2. The Balaban J connectivity index is 1.97. The maximum atomic E-state index is 12.1. The number of carbonyl (C=O) groups is 2. The molecule has 4 N–H and O–H groups in total. The molecule has 7 atom stereocenters. The monoisotopic (exact) mass is 809 g/mol. The number of hydrogen-bond donors (Lipinski definition) is 4. The van der Waals surface area contributed by atoms with E-state index >= 15 is 0 Å². The summed E-state index contributed by atoms with van der Waals surface area (Å²) in [6.45, 7) is 6.39. The molecule has 1 aliphatic rings. The molecule has 2 unspecified atom stereocenters. The highest BCUT2D eigenvalue weighted by atomic mass is 16.6. The van der Waals surface area contributed by atoms with Crippen molar-refractivity contribution in [2.24, 2.45) is 11.8 Å². The maximum Gasteiger partial charge on any atom is 0.305 e. The molecule has 334 valence electrons. The molecule has 1 rings (SSSR count). The van der Waals surface area contributed by atoms with Gasteiger partial charge in [-0.05, 0) is 38.0 Å². The zero-order valence-electron chi connectivity index (χ0n) is 36.8. The first-order valence-electron chi connectivity index (χ1n) is 23.7. The highest BCUT2D eigenvalue weighted by Gasteiger charge is 2.35. The summed E-state index contributed by atoms with van der Waals surface area (Å²) in [5, 5.41) is 40.9. The SMILES string of the molecule is CCCCC[C@H](O)/C=C/[C@H]1OC(O)C[C@H](O)[C@@H]1C/C=C\CCCC(=O)OC[C@@H](O)COC(=O)CCCCCCCCCCCCCCCCCCCCC(C)CC. The lowest BCUT2D eigenvalue weighted by atomic mass is 9.87. The van der Waals surface area contributed by atoms with Gasteiger partial charge < -0.3 is 34.6 Å². The number of rotatable bonds is 38. The number of ether oxygens (including phenoxy) is 3. The number of aliphatic hydroxyl groups is 4. The van der Waals surface area contributed by atoms with Gasteiger partial charge in [-0.15, -0.1) is 0 Å². The number of unbranched alkanes of at least 4 members (excludes halogenated alkanes) is 20. The lowest BCUT2D eigenvalue weighted by Gasteiger charge is -2.36. The Bertz CT molecular complexity index is 1000. The largest absolute Gasteiger partial charge is 0.463 e. The second-order valence-electron chi connectivity index (χ2n) is 17.0. The molecule has 0 aromatic carbocycles. The summed E-state index contributed by atoms with van der Waals surface area (Å²) in [6.07, 6.45) is 35.8. The summed E-state index contributed by atoms with van der Waals surface area (Å²) in [5.74, 6) is -0.0979. The molecule has 9 heteroatoms. The second kappa shape index (κ2) is 37.2. The average Bonchev–Trinajstić information content (AvgIpc) is 3.19. The van der Waals surface area contributed by atoms with Crippen LogP contribution in [0, 0.1) is 11.8 Å². The molecule has 0 saturated carbocycles. The molecule has 0 amide bonds. The van der Waals surface area contributed by atoms with Crippen molar-refractivity contribution < 1.29 is 44.2 Å². The third-order valence-electron chi connectivity index (χ3n) is 11.5. The van der Waals surface area contributed by atoms with Crippen LogP contribution >= 0.6 is 0 Å². The minimum atomic E-state index is -1.05. The van der Waals surface area contributed by atoms with E-state index in [1.54, 1.807) is 12.2 Å². The zero-order chi connectivity index (χ0) is 41.8. The van der Waals surface area contributed by atoms with E-state index in [4.69, 9.17) is 14.2 Å². The molecule has 1 aliphatic heterocycles. The first-order valence-corrected chi connectivity index (χ1v) is 23.7. The Kier molecular flexibility index (Phi) is 34.8. The molecule has 0 aliphatic carbocycles. The van der Waals surface area contributed by atoms with Crippen LogP contribution in [0.1, 0.15) is 213 Å². The van der Waals surface area contributed by atoms with Gasteiger partial charge >= 0.3 is 11.9 Å². The molecule has 0 aromatic rings. The Labute approximate surface area is 348 Å². The van der Waals surface area contributed by atoms with E-state index in [0.717, 1.165) is 44.4 Å². The van der Waals surface area contributed by atoms with E-state index in [9.17, 15) is 30.0 Å². The van der Waals surface area contributed by atoms with Gasteiger partial charge in [-0.2, -0.15) is 0 Å². The van der Waals surface area contributed by atoms with Crippen molar-refractivity contribution in [2.75, 3.05) is 13.2 Å². The molecular weight excluding hydrogens is 721 g/mol. The number of esters is 2. The highest BCUT2D eigenvalue weighted by molar-refractivity contribution is 5.69. The number of carbonyl (C=O) groups excluding carboxylic acids is 2. The first-order chi connectivity index (χ1) is 27.7. The lowest BCUT2D eigenvalue weighted by molar-refractivity contribution is -0.199. The molecule has 1 heterocycles. The summed E-state index contributed by atoms with van der Waals surface area (Å²) in [5.41, 5.74) is 0. The third-order valence-corrected chi connectivity index (χ3v) is 11.5. The van der Waals surface area contributed by atoms with Gasteiger partial charge in [0.25, 0.3) is 0 Å². The Hall–Kier alpha value is -1.78. The van der Waals surface area contributed by atoms with Crippen LogP contribution in [0.3, 0.4) is 0 Å². The predicted molar refractivity (Wildman–Crippen MR) is 232 cm³/mol. The van der Waals surface area contributed by atoms with Gasteiger partial charge in [-0.1, -0.05) is 186 Å². The molecule has 0 radical (unpaired) electrons. The van der Waals surface area contributed by atoms with Crippen molar-refractivity contribution in [3.63, 3.8) is 0 Å². The van der Waals surface area contributed by atoms with Crippen LogP contribution in [0.25, 0.3) is 0 Å². The van der Waals surface area contributed by atoms with Crippen LogP contribution in [0.4, 0.5) is 0 Å². The van der Waals surface area contributed by atoms with Crippen molar-refractivity contribution in [3.05, 3.63) is 24.3 Å². The van der Waals surface area contributed by atoms with Crippen LogP contribution in [0.15, 0.2) is 24.3 Å². The Morgan fingerprint density at radius 3 is 1.68 bits per heavy atom. The van der Waals surface area contributed by atoms with E-state index < -0.39 is 36.7 Å². The topological polar surface area (TPSA) is 143 Å². The molecule has 0 spiro atoms. The Morgan fingerprint density at radius 1 is 0.667 bits per heavy atom. The van der Waals surface area contributed by atoms with Crippen molar-refractivity contribution in [2.45, 2.75) is 244 Å². The van der Waals surface area contributed by atoms with Gasteiger partial charge in [0.05, 0.1) is 18.3 Å². The third kappa shape index (κ3) is 31.8. The van der Waals surface area contributed by atoms with Gasteiger partial charge in [-0.25, -0.2) is 0 Å². The van der Waals surface area contributed by atoms with Crippen molar-refractivity contribution in [1.29, 1.82) is 0 Å². The quantitative estimate of drug-likeness (QED) is 0.0272. The molecular formula is C48H88O9. The average molecular weight is 809 g/mol. The lowest BCUT2D eigenvalue weighted by Crippen LogP contribution is -2.43. The predicted octanol–water partition coefficient (Wildman–Crippen LogP) is 11.0. The summed E-state index contributed by atoms with van der Waals surface area (Å²) >= 11 is 0. The summed E-state index contributed by atoms with van der Waals surface area (Å²) < 4.78 is 16.0. The van der Waals surface area contributed by atoms with Crippen molar-refractivity contribution >= 4 is 11.9 Å². The zero-order valence-corrected chi connectivity index (χ0v) is 36.8. The maximum absolute atomic E-state index is 12.1. The van der Waals surface area contributed by atoms with E-state index in [1.165, 1.54) is 109 Å². The smallest absolute Gasteiger partial charge is 0.305 e. The van der Waals surface area contributed by atoms with E-state index in [-0.39, 0.29) is 37.9 Å². The fourth-order valence-electron chi connectivity index (χ4n) is 7.46.